The van der Waals surface area contributed by atoms with Crippen LogP contribution in [0.25, 0.3) is 11.0 Å². The van der Waals surface area contributed by atoms with Crippen molar-refractivity contribution in [1.82, 2.24) is 15.8 Å². The zero-order valence-electron chi connectivity index (χ0n) is 18.7. The maximum Gasteiger partial charge on any atom is 0.301 e. The first-order valence-corrected chi connectivity index (χ1v) is 11.4. The lowest BCUT2D eigenvalue weighted by Crippen LogP contribution is -2.51. The molecule has 1 amide bonds. The predicted molar refractivity (Wildman–Crippen MR) is 126 cm³/mol. The second-order valence-electron chi connectivity index (χ2n) is 8.17. The van der Waals surface area contributed by atoms with E-state index in [1.165, 1.54) is 12.1 Å². The highest BCUT2D eigenvalue weighted by molar-refractivity contribution is 6.30. The van der Waals surface area contributed by atoms with Crippen molar-refractivity contribution in [1.29, 1.82) is 0 Å². The number of aliphatic hydroxyl groups is 1. The smallest absolute Gasteiger partial charge is 0.301 e. The number of amides is 1. The van der Waals surface area contributed by atoms with Gasteiger partial charge in [-0.3, -0.25) is 10.2 Å². The summed E-state index contributed by atoms with van der Waals surface area (Å²) in [6.45, 7) is 1.70. The van der Waals surface area contributed by atoms with E-state index in [0.29, 0.717) is 36.7 Å². The summed E-state index contributed by atoms with van der Waals surface area (Å²) in [6, 6.07) is 11.4. The molecule has 3 N–H and O–H groups in total. The number of nitrogens with one attached hydrogen (secondary N) is 2. The van der Waals surface area contributed by atoms with E-state index in [9.17, 15) is 14.3 Å². The van der Waals surface area contributed by atoms with Crippen LogP contribution in [0.3, 0.4) is 0 Å². The first-order chi connectivity index (χ1) is 16.4. The van der Waals surface area contributed by atoms with Crippen LogP contribution in [-0.4, -0.2) is 61.5 Å². The van der Waals surface area contributed by atoms with Gasteiger partial charge in [0, 0.05) is 37.1 Å². The molecule has 1 aliphatic heterocycles. The summed E-state index contributed by atoms with van der Waals surface area (Å²) in [4.78, 5) is 12.6. The number of nitrogens with zero attached hydrogens (tertiary/aromatic N) is 1. The summed E-state index contributed by atoms with van der Waals surface area (Å²) in [6.07, 6.45) is 0.851. The Morgan fingerprint density at radius 3 is 2.74 bits per heavy atom. The van der Waals surface area contributed by atoms with E-state index >= 15 is 0 Å². The van der Waals surface area contributed by atoms with Crippen LogP contribution in [0.1, 0.15) is 23.4 Å². The Hall–Kier alpha value is -2.85. The van der Waals surface area contributed by atoms with Crippen LogP contribution in [0.5, 0.6) is 11.5 Å². The van der Waals surface area contributed by atoms with Crippen LogP contribution in [0.4, 0.5) is 4.39 Å². The summed E-state index contributed by atoms with van der Waals surface area (Å²) in [7, 11) is 1.59. The second-order valence-corrected chi connectivity index (χ2v) is 8.57. The lowest BCUT2D eigenvalue weighted by atomic mass is 10.1. The number of piperidine rings is 1. The number of hydrazine groups is 1. The molecule has 1 aliphatic rings. The van der Waals surface area contributed by atoms with Gasteiger partial charge in [-0.15, -0.1) is 0 Å². The zero-order chi connectivity index (χ0) is 24.1. The molecule has 182 valence electrons. The first-order valence-electron chi connectivity index (χ1n) is 11.0. The van der Waals surface area contributed by atoms with E-state index in [4.69, 9.17) is 25.5 Å². The van der Waals surface area contributed by atoms with Crippen LogP contribution >= 0.6 is 11.6 Å². The van der Waals surface area contributed by atoms with E-state index in [-0.39, 0.29) is 29.3 Å². The molecule has 0 spiro atoms. The molecule has 0 aliphatic carbocycles. The summed E-state index contributed by atoms with van der Waals surface area (Å²) < 4.78 is 29.7. The third-order valence-electron chi connectivity index (χ3n) is 5.68. The maximum atomic E-state index is 13.5. The number of halogens is 2. The number of benzene rings is 2. The van der Waals surface area contributed by atoms with Crippen molar-refractivity contribution >= 4 is 28.5 Å². The minimum Gasteiger partial charge on any atom is -0.497 e. The Labute approximate surface area is 201 Å². The summed E-state index contributed by atoms with van der Waals surface area (Å²) in [5.41, 5.74) is 3.51. The van der Waals surface area contributed by atoms with Gasteiger partial charge in [0.15, 0.2) is 5.76 Å². The quantitative estimate of drug-likeness (QED) is 0.422. The van der Waals surface area contributed by atoms with Crippen LogP contribution in [0.15, 0.2) is 46.9 Å². The molecular weight excluding hydrogens is 465 g/mol. The zero-order valence-corrected chi connectivity index (χ0v) is 19.5. The number of furan rings is 1. The number of methoxy groups -OCH3 is 1. The number of ether oxygens (including phenoxy) is 2. The molecule has 0 unspecified atom stereocenters. The summed E-state index contributed by atoms with van der Waals surface area (Å²) >= 11 is 5.65. The van der Waals surface area contributed by atoms with Crippen molar-refractivity contribution in [3.05, 3.63) is 59.1 Å². The largest absolute Gasteiger partial charge is 0.497 e. The standard InChI is InChI=1S/C24H27ClFN3O5/c1-32-18-3-5-22-15(10-18)11-23(34-22)24(31)28-29-8-6-16(7-9-29)27-13-17(30)14-33-19-2-4-20(25)21(26)12-19/h2-5,10-12,16-17,27,30H,6-9,13-14H2,1H3,(H,28,31)/t17-/m0/s1. The number of hydrogen-bond donors (Lipinski definition) is 3. The van der Waals surface area contributed by atoms with Crippen LogP contribution in [-0.2, 0) is 0 Å². The highest BCUT2D eigenvalue weighted by Gasteiger charge is 2.22. The van der Waals surface area contributed by atoms with Gasteiger partial charge >= 0.3 is 5.91 Å². The predicted octanol–water partition coefficient (Wildman–Crippen LogP) is 3.37. The average molecular weight is 492 g/mol. The molecule has 1 fully saturated rings. The molecule has 2 aromatic carbocycles. The van der Waals surface area contributed by atoms with Crippen molar-refractivity contribution in [3.8, 4) is 11.5 Å². The van der Waals surface area contributed by atoms with Gasteiger partial charge in [-0.05, 0) is 49.2 Å². The molecule has 1 atom stereocenters. The molecule has 8 nitrogen and oxygen atoms in total. The molecule has 1 saturated heterocycles. The normalized spacial score (nSPS) is 15.9. The second kappa shape index (κ2) is 11.1. The van der Waals surface area contributed by atoms with Crippen molar-refractivity contribution < 1.29 is 28.2 Å². The van der Waals surface area contributed by atoms with Crippen molar-refractivity contribution in [2.45, 2.75) is 25.0 Å². The molecule has 0 bridgehead atoms. The lowest BCUT2D eigenvalue weighted by molar-refractivity contribution is 0.0674. The molecule has 10 heteroatoms. The molecule has 0 radical (unpaired) electrons. The van der Waals surface area contributed by atoms with E-state index < -0.39 is 11.9 Å². The Balaban J connectivity index is 1.17. The number of carbonyl (C=O) groups excluding carboxylic acids is 1. The average Bonchev–Trinajstić information content (AvgIpc) is 3.28. The Kier molecular flexibility index (Phi) is 7.89. The van der Waals surface area contributed by atoms with Crippen molar-refractivity contribution in [2.75, 3.05) is 33.4 Å². The number of fused-ring (bicyclic) bond motifs is 1. The van der Waals surface area contributed by atoms with Crippen molar-refractivity contribution in [3.63, 3.8) is 0 Å². The van der Waals surface area contributed by atoms with Crippen molar-refractivity contribution in [2.24, 2.45) is 0 Å². The number of hydrogen-bond acceptors (Lipinski definition) is 7. The highest BCUT2D eigenvalue weighted by Crippen LogP contribution is 2.24. The summed E-state index contributed by atoms with van der Waals surface area (Å²) in [5.74, 6) is 0.394. The highest BCUT2D eigenvalue weighted by atomic mass is 35.5. The van der Waals surface area contributed by atoms with Crippen LogP contribution < -0.4 is 20.2 Å². The Morgan fingerprint density at radius 2 is 2.00 bits per heavy atom. The third-order valence-corrected chi connectivity index (χ3v) is 5.98. The van der Waals surface area contributed by atoms with E-state index in [0.717, 1.165) is 18.2 Å². The van der Waals surface area contributed by atoms with Gasteiger partial charge in [-0.2, -0.15) is 0 Å². The van der Waals surface area contributed by atoms with Gasteiger partial charge in [0.2, 0.25) is 0 Å². The van der Waals surface area contributed by atoms with Gasteiger partial charge in [0.1, 0.15) is 35.6 Å². The van der Waals surface area contributed by atoms with E-state index in [1.54, 1.807) is 31.4 Å². The van der Waals surface area contributed by atoms with E-state index in [2.05, 4.69) is 10.7 Å². The molecule has 0 saturated carbocycles. The van der Waals surface area contributed by atoms with Gasteiger partial charge in [-0.1, -0.05) is 11.6 Å². The van der Waals surface area contributed by atoms with Gasteiger partial charge in [-0.25, -0.2) is 9.40 Å². The fraction of sp³-hybridized carbons (Fsp3) is 0.375. The number of carbonyl (C=O) groups is 1. The van der Waals surface area contributed by atoms with Gasteiger partial charge in [0.25, 0.3) is 0 Å². The molecule has 3 aromatic rings. The Bertz CT molecular complexity index is 1130. The van der Waals surface area contributed by atoms with E-state index in [1.807, 2.05) is 11.1 Å². The number of rotatable bonds is 9. The first kappa shape index (κ1) is 24.3. The monoisotopic (exact) mass is 491 g/mol. The third kappa shape index (κ3) is 6.18. The topological polar surface area (TPSA) is 96.2 Å². The molecule has 2 heterocycles. The maximum absolute atomic E-state index is 13.5. The van der Waals surface area contributed by atoms with Crippen LogP contribution in [0, 0.1) is 5.82 Å². The SMILES string of the molecule is COc1ccc2oc(C(=O)NN3CCC(NC[C@H](O)COc4ccc(Cl)c(F)c4)CC3)cc2c1. The molecule has 34 heavy (non-hydrogen) atoms. The number of aliphatic hydroxyl groups excluding tert-OH is 1. The minimum atomic E-state index is -0.747. The van der Waals surface area contributed by atoms with Gasteiger partial charge < -0.3 is 24.3 Å². The summed E-state index contributed by atoms with van der Waals surface area (Å²) in [5, 5.41) is 16.2. The van der Waals surface area contributed by atoms with Crippen LogP contribution in [0.2, 0.25) is 5.02 Å². The fourth-order valence-corrected chi connectivity index (χ4v) is 3.89. The Morgan fingerprint density at radius 1 is 1.24 bits per heavy atom. The lowest BCUT2D eigenvalue weighted by Gasteiger charge is -2.32. The minimum absolute atomic E-state index is 0.0235. The molecule has 4 rings (SSSR count). The fourth-order valence-electron chi connectivity index (χ4n) is 3.78. The van der Waals surface area contributed by atoms with Gasteiger partial charge in [0.05, 0.1) is 12.1 Å². The molecular formula is C24H27ClFN3O5. The molecule has 1 aromatic heterocycles.